The molecule has 0 spiro atoms. The molecule has 1 N–H and O–H groups in total. The van der Waals surface area contributed by atoms with Crippen LogP contribution >= 0.6 is 27.5 Å². The molecule has 0 saturated heterocycles. The number of nitrogens with zero attached hydrogens (tertiary/aromatic N) is 1. The van der Waals surface area contributed by atoms with Gasteiger partial charge in [-0.1, -0.05) is 40.4 Å². The number of aromatic hydroxyl groups is 1. The normalized spacial score (nSPS) is 15.7. The van der Waals surface area contributed by atoms with E-state index < -0.39 is 0 Å². The van der Waals surface area contributed by atoms with Gasteiger partial charge in [-0.2, -0.15) is 0 Å². The van der Waals surface area contributed by atoms with Crippen LogP contribution in [0.4, 0.5) is 0 Å². The second-order valence-corrected chi connectivity index (χ2v) is 5.99. The molecule has 0 heterocycles. The molecule has 0 aliphatic heterocycles. The van der Waals surface area contributed by atoms with Gasteiger partial charge in [0.2, 0.25) is 0 Å². The van der Waals surface area contributed by atoms with Crippen LogP contribution in [0.15, 0.2) is 18.2 Å². The lowest BCUT2D eigenvalue weighted by molar-refractivity contribution is 0.0696. The molecular formula is C14H17BrClNO2. The van der Waals surface area contributed by atoms with Crippen molar-refractivity contribution in [2.45, 2.75) is 31.7 Å². The minimum absolute atomic E-state index is 0.00567. The summed E-state index contributed by atoms with van der Waals surface area (Å²) in [7, 11) is 0. The van der Waals surface area contributed by atoms with Gasteiger partial charge in [-0.15, -0.1) is 0 Å². The van der Waals surface area contributed by atoms with Crippen LogP contribution < -0.4 is 0 Å². The smallest absolute Gasteiger partial charge is 0.254 e. The highest BCUT2D eigenvalue weighted by Gasteiger charge is 2.27. The summed E-state index contributed by atoms with van der Waals surface area (Å²) in [6, 6.07) is 4.96. The number of hydrogen-bond donors (Lipinski definition) is 1. The fourth-order valence-corrected chi connectivity index (χ4v) is 3.13. The first kappa shape index (κ1) is 14.7. The fraction of sp³-hybridized carbons (Fsp3) is 0.500. The van der Waals surface area contributed by atoms with Crippen LogP contribution in [0.1, 0.15) is 36.0 Å². The van der Waals surface area contributed by atoms with E-state index in [1.165, 1.54) is 25.0 Å². The number of benzene rings is 1. The molecule has 1 saturated carbocycles. The zero-order valence-corrected chi connectivity index (χ0v) is 13.0. The van der Waals surface area contributed by atoms with E-state index in [-0.39, 0.29) is 16.7 Å². The Bertz CT molecular complexity index is 461. The summed E-state index contributed by atoms with van der Waals surface area (Å²) in [5.74, 6) is -0.000579. The lowest BCUT2D eigenvalue weighted by Gasteiger charge is -2.28. The number of hydrogen-bond acceptors (Lipinski definition) is 2. The average Bonchev–Trinajstić information content (AvgIpc) is 2.92. The first-order valence-electron chi connectivity index (χ1n) is 6.49. The quantitative estimate of drug-likeness (QED) is 0.842. The van der Waals surface area contributed by atoms with Gasteiger partial charge in [0.25, 0.3) is 5.91 Å². The van der Waals surface area contributed by atoms with Gasteiger partial charge in [0.05, 0.1) is 5.02 Å². The Labute approximate surface area is 126 Å². The maximum absolute atomic E-state index is 12.6. The molecule has 5 heteroatoms. The standard InChI is InChI=1S/C14H17BrClNO2/c15-7-8-17(11-3-1-2-4-11)14(19)10-5-6-13(18)12(16)9-10/h5-6,9,11,18H,1-4,7-8H2. The lowest BCUT2D eigenvalue weighted by Crippen LogP contribution is -2.40. The second-order valence-electron chi connectivity index (χ2n) is 4.79. The van der Waals surface area contributed by atoms with Gasteiger partial charge in [-0.05, 0) is 31.0 Å². The van der Waals surface area contributed by atoms with Crippen molar-refractivity contribution in [2.75, 3.05) is 11.9 Å². The third-order valence-corrected chi connectivity index (χ3v) is 4.20. The molecule has 0 aromatic heterocycles. The van der Waals surface area contributed by atoms with Crippen molar-refractivity contribution in [3.63, 3.8) is 0 Å². The summed E-state index contributed by atoms with van der Waals surface area (Å²) in [4.78, 5) is 14.5. The second kappa shape index (κ2) is 6.62. The highest BCUT2D eigenvalue weighted by Crippen LogP contribution is 2.28. The zero-order valence-electron chi connectivity index (χ0n) is 10.6. The molecule has 1 aromatic rings. The van der Waals surface area contributed by atoms with Crippen LogP contribution in [0.3, 0.4) is 0 Å². The van der Waals surface area contributed by atoms with Crippen molar-refractivity contribution in [2.24, 2.45) is 0 Å². The van der Waals surface area contributed by atoms with Crippen LogP contribution in [0.5, 0.6) is 5.75 Å². The Kier molecular flexibility index (Phi) is 5.11. The molecule has 0 bridgehead atoms. The lowest BCUT2D eigenvalue weighted by atomic mass is 10.1. The molecule has 1 aliphatic carbocycles. The van der Waals surface area contributed by atoms with E-state index >= 15 is 0 Å². The number of phenols is 1. The molecular weight excluding hydrogens is 330 g/mol. The molecule has 19 heavy (non-hydrogen) atoms. The topological polar surface area (TPSA) is 40.5 Å². The molecule has 1 aromatic carbocycles. The Morgan fingerprint density at radius 2 is 2.11 bits per heavy atom. The van der Waals surface area contributed by atoms with E-state index in [1.807, 2.05) is 4.90 Å². The molecule has 1 aliphatic rings. The van der Waals surface area contributed by atoms with Crippen LogP contribution in [0.2, 0.25) is 5.02 Å². The predicted molar refractivity (Wildman–Crippen MR) is 80.2 cm³/mol. The summed E-state index contributed by atoms with van der Waals surface area (Å²) in [6.07, 6.45) is 4.52. The van der Waals surface area contributed by atoms with E-state index in [2.05, 4.69) is 15.9 Å². The van der Waals surface area contributed by atoms with Crippen LogP contribution in [0, 0.1) is 0 Å². The number of carbonyl (C=O) groups excluding carboxylic acids is 1. The van der Waals surface area contributed by atoms with Crippen molar-refractivity contribution in [1.29, 1.82) is 0 Å². The number of amides is 1. The van der Waals surface area contributed by atoms with Crippen LogP contribution in [0.25, 0.3) is 0 Å². The zero-order chi connectivity index (χ0) is 13.8. The summed E-state index contributed by atoms with van der Waals surface area (Å²) in [5, 5.41) is 10.4. The Morgan fingerprint density at radius 1 is 1.42 bits per heavy atom. The Balaban J connectivity index is 2.20. The molecule has 1 fully saturated rings. The van der Waals surface area contributed by atoms with E-state index in [1.54, 1.807) is 6.07 Å². The van der Waals surface area contributed by atoms with Gasteiger partial charge in [0, 0.05) is 23.5 Å². The molecule has 104 valence electrons. The van der Waals surface area contributed by atoms with Crippen molar-refractivity contribution in [1.82, 2.24) is 4.90 Å². The third-order valence-electron chi connectivity index (χ3n) is 3.55. The summed E-state index contributed by atoms with van der Waals surface area (Å²) in [5.41, 5.74) is 0.538. The van der Waals surface area contributed by atoms with E-state index in [0.717, 1.165) is 18.2 Å². The van der Waals surface area contributed by atoms with Gasteiger partial charge in [-0.3, -0.25) is 4.79 Å². The monoisotopic (exact) mass is 345 g/mol. The summed E-state index contributed by atoms with van der Waals surface area (Å²) < 4.78 is 0. The summed E-state index contributed by atoms with van der Waals surface area (Å²) in [6.45, 7) is 0.696. The fourth-order valence-electron chi connectivity index (χ4n) is 2.56. The van der Waals surface area contributed by atoms with Crippen molar-refractivity contribution < 1.29 is 9.90 Å². The van der Waals surface area contributed by atoms with E-state index in [4.69, 9.17) is 11.6 Å². The molecule has 0 atom stereocenters. The number of halogens is 2. The van der Waals surface area contributed by atoms with Crippen molar-refractivity contribution >= 4 is 33.4 Å². The van der Waals surface area contributed by atoms with Gasteiger partial charge < -0.3 is 10.0 Å². The molecule has 3 nitrogen and oxygen atoms in total. The number of phenolic OH excluding ortho intramolecular Hbond substituents is 1. The molecule has 1 amide bonds. The SMILES string of the molecule is O=C(c1ccc(O)c(Cl)c1)N(CCBr)C1CCCC1. The highest BCUT2D eigenvalue weighted by atomic mass is 79.9. The minimum Gasteiger partial charge on any atom is -0.506 e. The van der Waals surface area contributed by atoms with Crippen molar-refractivity contribution in [3.05, 3.63) is 28.8 Å². The van der Waals surface area contributed by atoms with E-state index in [9.17, 15) is 9.90 Å². The number of alkyl halides is 1. The van der Waals surface area contributed by atoms with Gasteiger partial charge in [0.1, 0.15) is 5.75 Å². The van der Waals surface area contributed by atoms with Crippen LogP contribution in [-0.2, 0) is 0 Å². The first-order valence-corrected chi connectivity index (χ1v) is 7.99. The van der Waals surface area contributed by atoms with Crippen LogP contribution in [-0.4, -0.2) is 33.8 Å². The summed E-state index contributed by atoms with van der Waals surface area (Å²) >= 11 is 9.27. The maximum Gasteiger partial charge on any atom is 0.254 e. The molecule has 2 rings (SSSR count). The highest BCUT2D eigenvalue weighted by molar-refractivity contribution is 9.09. The minimum atomic E-state index is -0.00625. The largest absolute Gasteiger partial charge is 0.506 e. The number of rotatable bonds is 4. The molecule has 0 radical (unpaired) electrons. The maximum atomic E-state index is 12.6. The van der Waals surface area contributed by atoms with Gasteiger partial charge >= 0.3 is 0 Å². The molecule has 0 unspecified atom stereocenters. The van der Waals surface area contributed by atoms with Crippen molar-refractivity contribution in [3.8, 4) is 5.75 Å². The third kappa shape index (κ3) is 3.42. The Hall–Kier alpha value is -0.740. The number of carbonyl (C=O) groups is 1. The van der Waals surface area contributed by atoms with E-state index in [0.29, 0.717) is 18.2 Å². The average molecular weight is 347 g/mol. The predicted octanol–water partition coefficient (Wildman–Crippen LogP) is 3.83. The van der Waals surface area contributed by atoms with Gasteiger partial charge in [0.15, 0.2) is 0 Å². The Morgan fingerprint density at radius 3 is 2.68 bits per heavy atom. The first-order chi connectivity index (χ1) is 9.13. The van der Waals surface area contributed by atoms with Gasteiger partial charge in [-0.25, -0.2) is 0 Å².